The highest BCUT2D eigenvalue weighted by atomic mass is 16.6. The average Bonchev–Trinajstić information content (AvgIpc) is 2.99. The van der Waals surface area contributed by atoms with E-state index in [0.717, 1.165) is 16.7 Å². The number of ether oxygens (including phenoxy) is 3. The SMILES string of the molecule is COc1cc(/C=C2/N=C(c3ccc(C)c(C)c3)OC2=O)c(OC)cc1C. The molecule has 0 fully saturated rings. The van der Waals surface area contributed by atoms with Crippen LogP contribution in [0.15, 0.2) is 41.0 Å². The Morgan fingerprint density at radius 3 is 2.31 bits per heavy atom. The van der Waals surface area contributed by atoms with Gasteiger partial charge in [-0.05, 0) is 67.8 Å². The van der Waals surface area contributed by atoms with E-state index in [2.05, 4.69) is 4.99 Å². The van der Waals surface area contributed by atoms with Crippen molar-refractivity contribution < 1.29 is 19.0 Å². The van der Waals surface area contributed by atoms with Crippen molar-refractivity contribution in [3.05, 3.63) is 63.8 Å². The average molecular weight is 351 g/mol. The number of aryl methyl sites for hydroxylation is 3. The fourth-order valence-corrected chi connectivity index (χ4v) is 2.74. The van der Waals surface area contributed by atoms with Crippen LogP contribution in [0.25, 0.3) is 6.08 Å². The topological polar surface area (TPSA) is 57.1 Å². The van der Waals surface area contributed by atoms with Gasteiger partial charge in [0.05, 0.1) is 14.2 Å². The minimum Gasteiger partial charge on any atom is -0.496 e. The molecule has 0 atom stereocenters. The number of benzene rings is 2. The van der Waals surface area contributed by atoms with Crippen molar-refractivity contribution in [3.8, 4) is 11.5 Å². The molecular weight excluding hydrogens is 330 g/mol. The number of carbonyl (C=O) groups excluding carboxylic acids is 1. The van der Waals surface area contributed by atoms with E-state index in [0.29, 0.717) is 23.0 Å². The van der Waals surface area contributed by atoms with Crippen molar-refractivity contribution in [2.45, 2.75) is 20.8 Å². The molecule has 5 heteroatoms. The van der Waals surface area contributed by atoms with Gasteiger partial charge in [0, 0.05) is 11.1 Å². The number of cyclic esters (lactones) is 1. The number of rotatable bonds is 4. The summed E-state index contributed by atoms with van der Waals surface area (Å²) >= 11 is 0. The zero-order valence-corrected chi connectivity index (χ0v) is 15.5. The first-order valence-electron chi connectivity index (χ1n) is 8.25. The number of methoxy groups -OCH3 is 2. The minimum absolute atomic E-state index is 0.224. The quantitative estimate of drug-likeness (QED) is 0.618. The van der Waals surface area contributed by atoms with Gasteiger partial charge in [-0.15, -0.1) is 0 Å². The van der Waals surface area contributed by atoms with E-state index in [4.69, 9.17) is 14.2 Å². The standard InChI is InChI=1S/C21H21NO4/c1-12-6-7-15(8-13(12)2)20-22-17(21(23)26-20)10-16-11-18(24-4)14(3)9-19(16)25-5/h6-11H,1-5H3/b17-10+. The van der Waals surface area contributed by atoms with Crippen LogP contribution in [0, 0.1) is 20.8 Å². The van der Waals surface area contributed by atoms with Gasteiger partial charge in [0.2, 0.25) is 5.90 Å². The molecule has 0 bridgehead atoms. The molecule has 0 N–H and O–H groups in total. The van der Waals surface area contributed by atoms with E-state index in [9.17, 15) is 4.79 Å². The van der Waals surface area contributed by atoms with E-state index >= 15 is 0 Å². The predicted octanol–water partition coefficient (Wildman–Crippen LogP) is 3.97. The van der Waals surface area contributed by atoms with Crippen LogP contribution in [0.5, 0.6) is 11.5 Å². The van der Waals surface area contributed by atoms with Crippen LogP contribution >= 0.6 is 0 Å². The highest BCUT2D eigenvalue weighted by Crippen LogP contribution is 2.31. The third-order valence-electron chi connectivity index (χ3n) is 4.41. The lowest BCUT2D eigenvalue weighted by Crippen LogP contribution is -2.05. The lowest BCUT2D eigenvalue weighted by Gasteiger charge is -2.10. The number of hydrogen-bond acceptors (Lipinski definition) is 5. The van der Waals surface area contributed by atoms with Crippen molar-refractivity contribution in [2.75, 3.05) is 14.2 Å². The predicted molar refractivity (Wildman–Crippen MR) is 101 cm³/mol. The van der Waals surface area contributed by atoms with Crippen molar-refractivity contribution >= 4 is 17.9 Å². The number of aliphatic imine (C=N–C) groups is 1. The van der Waals surface area contributed by atoms with Gasteiger partial charge in [-0.1, -0.05) is 6.07 Å². The molecule has 0 radical (unpaired) electrons. The van der Waals surface area contributed by atoms with Crippen LogP contribution in [-0.4, -0.2) is 26.1 Å². The van der Waals surface area contributed by atoms with E-state index in [-0.39, 0.29) is 5.70 Å². The Kier molecular flexibility index (Phi) is 4.80. The molecular formula is C21H21NO4. The van der Waals surface area contributed by atoms with Crippen LogP contribution < -0.4 is 9.47 Å². The van der Waals surface area contributed by atoms with Crippen molar-refractivity contribution in [3.63, 3.8) is 0 Å². The summed E-state index contributed by atoms with van der Waals surface area (Å²) in [7, 11) is 3.19. The number of esters is 1. The number of hydrogen-bond donors (Lipinski definition) is 0. The monoisotopic (exact) mass is 351 g/mol. The lowest BCUT2D eigenvalue weighted by molar-refractivity contribution is -0.129. The fourth-order valence-electron chi connectivity index (χ4n) is 2.74. The third-order valence-corrected chi connectivity index (χ3v) is 4.41. The van der Waals surface area contributed by atoms with Gasteiger partial charge in [0.1, 0.15) is 11.5 Å². The summed E-state index contributed by atoms with van der Waals surface area (Å²) < 4.78 is 16.1. The Morgan fingerprint density at radius 1 is 0.923 bits per heavy atom. The second-order valence-electron chi connectivity index (χ2n) is 6.20. The zero-order valence-electron chi connectivity index (χ0n) is 15.5. The minimum atomic E-state index is -0.486. The molecule has 0 amide bonds. The van der Waals surface area contributed by atoms with Gasteiger partial charge >= 0.3 is 5.97 Å². The van der Waals surface area contributed by atoms with Gasteiger partial charge in [-0.3, -0.25) is 0 Å². The first kappa shape index (κ1) is 17.7. The first-order valence-corrected chi connectivity index (χ1v) is 8.25. The highest BCUT2D eigenvalue weighted by Gasteiger charge is 2.25. The molecule has 0 aromatic heterocycles. The van der Waals surface area contributed by atoms with E-state index in [1.165, 1.54) is 5.56 Å². The smallest absolute Gasteiger partial charge is 0.363 e. The van der Waals surface area contributed by atoms with Crippen molar-refractivity contribution in [1.29, 1.82) is 0 Å². The molecule has 0 saturated carbocycles. The van der Waals surface area contributed by atoms with E-state index in [1.807, 2.05) is 51.1 Å². The van der Waals surface area contributed by atoms with Gasteiger partial charge in [0.15, 0.2) is 5.70 Å². The van der Waals surface area contributed by atoms with Gasteiger partial charge in [-0.25, -0.2) is 9.79 Å². The number of nitrogens with zero attached hydrogens (tertiary/aromatic N) is 1. The molecule has 3 rings (SSSR count). The molecule has 1 aliphatic rings. The zero-order chi connectivity index (χ0) is 18.8. The second-order valence-corrected chi connectivity index (χ2v) is 6.20. The van der Waals surface area contributed by atoms with Crippen LogP contribution in [0.3, 0.4) is 0 Å². The van der Waals surface area contributed by atoms with Crippen LogP contribution in [0.2, 0.25) is 0 Å². The molecule has 5 nitrogen and oxygen atoms in total. The third kappa shape index (κ3) is 3.33. The summed E-state index contributed by atoms with van der Waals surface area (Å²) in [5, 5.41) is 0. The summed E-state index contributed by atoms with van der Waals surface area (Å²) in [6.07, 6.45) is 1.65. The lowest BCUT2D eigenvalue weighted by atomic mass is 10.1. The largest absolute Gasteiger partial charge is 0.496 e. The molecule has 2 aromatic carbocycles. The summed E-state index contributed by atoms with van der Waals surface area (Å²) in [6, 6.07) is 9.51. The first-order chi connectivity index (χ1) is 12.4. The summed E-state index contributed by atoms with van der Waals surface area (Å²) in [5.41, 5.74) is 4.93. The molecule has 1 heterocycles. The fraction of sp³-hybridized carbons (Fsp3) is 0.238. The molecule has 0 unspecified atom stereocenters. The van der Waals surface area contributed by atoms with E-state index < -0.39 is 5.97 Å². The van der Waals surface area contributed by atoms with Crippen LogP contribution in [-0.2, 0) is 9.53 Å². The van der Waals surface area contributed by atoms with Crippen molar-refractivity contribution in [1.82, 2.24) is 0 Å². The molecule has 0 spiro atoms. The molecule has 2 aromatic rings. The van der Waals surface area contributed by atoms with E-state index in [1.54, 1.807) is 20.3 Å². The van der Waals surface area contributed by atoms with Crippen molar-refractivity contribution in [2.24, 2.45) is 4.99 Å². The summed E-state index contributed by atoms with van der Waals surface area (Å²) in [6.45, 7) is 5.97. The van der Waals surface area contributed by atoms with Gasteiger partial charge < -0.3 is 14.2 Å². The Hall–Kier alpha value is -3.08. The molecule has 0 aliphatic carbocycles. The Labute approximate surface area is 152 Å². The maximum Gasteiger partial charge on any atom is 0.363 e. The summed E-state index contributed by atoms with van der Waals surface area (Å²) in [5.74, 6) is 1.17. The van der Waals surface area contributed by atoms with Crippen LogP contribution in [0.4, 0.5) is 0 Å². The highest BCUT2D eigenvalue weighted by molar-refractivity contribution is 6.13. The normalized spacial score (nSPS) is 15.0. The molecule has 0 saturated heterocycles. The maximum absolute atomic E-state index is 12.3. The summed E-state index contributed by atoms with van der Waals surface area (Å²) in [4.78, 5) is 16.6. The second kappa shape index (κ2) is 7.04. The Bertz CT molecular complexity index is 941. The Morgan fingerprint density at radius 2 is 1.65 bits per heavy atom. The van der Waals surface area contributed by atoms with Crippen LogP contribution in [0.1, 0.15) is 27.8 Å². The Balaban J connectivity index is 2.02. The molecule has 1 aliphatic heterocycles. The number of carbonyl (C=O) groups is 1. The molecule has 26 heavy (non-hydrogen) atoms. The van der Waals surface area contributed by atoms with Gasteiger partial charge in [-0.2, -0.15) is 0 Å². The maximum atomic E-state index is 12.3. The molecule has 134 valence electrons. The van der Waals surface area contributed by atoms with Gasteiger partial charge in [0.25, 0.3) is 0 Å².